The third-order valence-corrected chi connectivity index (χ3v) is 4.71. The van der Waals surface area contributed by atoms with Crippen molar-refractivity contribution in [3.63, 3.8) is 0 Å². The fourth-order valence-electron chi connectivity index (χ4n) is 2.42. The van der Waals surface area contributed by atoms with Gasteiger partial charge in [0.15, 0.2) is 0 Å². The number of hydrogen-bond donors (Lipinski definition) is 0. The topological polar surface area (TPSA) is 38.2 Å². The second kappa shape index (κ2) is 6.97. The Kier molecular flexibility index (Phi) is 5.49. The summed E-state index contributed by atoms with van der Waals surface area (Å²) in [6, 6.07) is 2.61. The Bertz CT molecular complexity index is 473. The maximum atomic E-state index is 5.28. The van der Waals surface area contributed by atoms with Crippen LogP contribution in [0.15, 0.2) is 6.07 Å². The van der Waals surface area contributed by atoms with Crippen LogP contribution in [0.25, 0.3) is 0 Å². The van der Waals surface area contributed by atoms with Gasteiger partial charge in [-0.3, -0.25) is 0 Å². The van der Waals surface area contributed by atoms with Gasteiger partial charge >= 0.3 is 0 Å². The van der Waals surface area contributed by atoms with Crippen molar-refractivity contribution in [2.24, 2.45) is 0 Å². The first kappa shape index (κ1) is 16.6. The molecule has 0 radical (unpaired) electrons. The van der Waals surface area contributed by atoms with Gasteiger partial charge in [-0.15, -0.1) is 0 Å². The van der Waals surface area contributed by atoms with E-state index in [-0.39, 0.29) is 5.41 Å². The fourth-order valence-corrected chi connectivity index (χ4v) is 3.46. The van der Waals surface area contributed by atoms with Crippen LogP contribution in [0.2, 0.25) is 0 Å². The Labute approximate surface area is 132 Å². The van der Waals surface area contributed by atoms with Crippen molar-refractivity contribution in [1.29, 1.82) is 0 Å². The molecule has 1 fully saturated rings. The van der Waals surface area contributed by atoms with Crippen LogP contribution in [0.4, 0.5) is 5.82 Å². The molecular weight excluding hydrogens is 282 g/mol. The summed E-state index contributed by atoms with van der Waals surface area (Å²) in [5.74, 6) is 4.35. The van der Waals surface area contributed by atoms with Gasteiger partial charge in [0.05, 0.1) is 12.3 Å². The molecule has 2 heterocycles. The fraction of sp³-hybridized carbons (Fsp3) is 0.750. The van der Waals surface area contributed by atoms with Crippen molar-refractivity contribution < 1.29 is 4.74 Å². The van der Waals surface area contributed by atoms with Crippen molar-refractivity contribution in [1.82, 2.24) is 9.97 Å². The molecule has 0 amide bonds. The summed E-state index contributed by atoms with van der Waals surface area (Å²) in [6.07, 6.45) is 1.21. The minimum absolute atomic E-state index is 0.0532. The van der Waals surface area contributed by atoms with Gasteiger partial charge in [0, 0.05) is 36.9 Å². The normalized spacial score (nSPS) is 20.4. The van der Waals surface area contributed by atoms with E-state index in [0.29, 0.717) is 12.6 Å². The molecule has 0 saturated carbocycles. The van der Waals surface area contributed by atoms with Gasteiger partial charge in [0.2, 0.25) is 0 Å². The molecular formula is C16H27N3OS. The van der Waals surface area contributed by atoms with Gasteiger partial charge in [0.25, 0.3) is 0 Å². The lowest BCUT2D eigenvalue weighted by Crippen LogP contribution is -2.35. The molecule has 1 atom stereocenters. The highest BCUT2D eigenvalue weighted by Crippen LogP contribution is 2.26. The number of nitrogens with zero attached hydrogens (tertiary/aromatic N) is 3. The number of anilines is 1. The Morgan fingerprint density at radius 1 is 1.33 bits per heavy atom. The highest BCUT2D eigenvalue weighted by atomic mass is 32.2. The molecule has 1 aromatic rings. The summed E-state index contributed by atoms with van der Waals surface area (Å²) in [4.78, 5) is 11.9. The number of rotatable bonds is 3. The molecule has 1 aliphatic rings. The molecule has 1 saturated heterocycles. The van der Waals surface area contributed by atoms with E-state index < -0.39 is 0 Å². The van der Waals surface area contributed by atoms with Crippen LogP contribution in [-0.2, 0) is 16.8 Å². The van der Waals surface area contributed by atoms with Crippen molar-refractivity contribution in [3.05, 3.63) is 17.6 Å². The summed E-state index contributed by atoms with van der Waals surface area (Å²) in [6.45, 7) is 10.4. The smallest absolute Gasteiger partial charge is 0.136 e. The second-order valence-corrected chi connectivity index (χ2v) is 7.89. The summed E-state index contributed by atoms with van der Waals surface area (Å²) >= 11 is 2.03. The third kappa shape index (κ3) is 4.33. The van der Waals surface area contributed by atoms with E-state index in [1.807, 2.05) is 11.8 Å². The van der Waals surface area contributed by atoms with Crippen LogP contribution < -0.4 is 4.90 Å². The zero-order valence-corrected chi connectivity index (χ0v) is 14.7. The summed E-state index contributed by atoms with van der Waals surface area (Å²) < 4.78 is 5.28. The minimum atomic E-state index is -0.0532. The summed E-state index contributed by atoms with van der Waals surface area (Å²) in [7, 11) is 1.71. The molecule has 1 aromatic heterocycles. The quantitative estimate of drug-likeness (QED) is 0.857. The predicted molar refractivity (Wildman–Crippen MR) is 90.2 cm³/mol. The molecule has 5 heteroatoms. The maximum Gasteiger partial charge on any atom is 0.136 e. The van der Waals surface area contributed by atoms with Crippen molar-refractivity contribution in [3.8, 4) is 0 Å². The van der Waals surface area contributed by atoms with E-state index in [0.717, 1.165) is 23.9 Å². The highest BCUT2D eigenvalue weighted by molar-refractivity contribution is 7.99. The Morgan fingerprint density at radius 2 is 2.10 bits per heavy atom. The van der Waals surface area contributed by atoms with E-state index in [9.17, 15) is 0 Å². The number of thioether (sulfide) groups is 1. The molecule has 0 aliphatic carbocycles. The van der Waals surface area contributed by atoms with Gasteiger partial charge in [0.1, 0.15) is 11.6 Å². The lowest BCUT2D eigenvalue weighted by molar-refractivity contribution is 0.181. The lowest BCUT2D eigenvalue weighted by Gasteiger charge is -2.29. The van der Waals surface area contributed by atoms with Crippen LogP contribution in [0.3, 0.4) is 0 Å². The number of hydrogen-bond acceptors (Lipinski definition) is 5. The molecule has 0 aromatic carbocycles. The van der Waals surface area contributed by atoms with E-state index in [2.05, 4.69) is 43.6 Å². The van der Waals surface area contributed by atoms with Crippen LogP contribution >= 0.6 is 11.8 Å². The Balaban J connectivity index is 2.38. The van der Waals surface area contributed by atoms with E-state index in [1.165, 1.54) is 17.9 Å². The first-order chi connectivity index (χ1) is 9.91. The number of ether oxygens (including phenoxy) is 1. The Morgan fingerprint density at radius 3 is 2.76 bits per heavy atom. The summed E-state index contributed by atoms with van der Waals surface area (Å²) in [5, 5.41) is 0. The standard InChI is InChI=1S/C16H27N3OS/c1-12-6-8-21-9-7-19(12)14-10-13(11-20-5)17-15(18-14)16(2,3)4/h10,12H,6-9,11H2,1-5H3. The Hall–Kier alpha value is -0.810. The van der Waals surface area contributed by atoms with Crippen LogP contribution in [0.1, 0.15) is 45.6 Å². The lowest BCUT2D eigenvalue weighted by atomic mass is 9.95. The first-order valence-corrected chi connectivity index (χ1v) is 8.79. The van der Waals surface area contributed by atoms with Gasteiger partial charge in [-0.1, -0.05) is 20.8 Å². The molecule has 4 nitrogen and oxygen atoms in total. The van der Waals surface area contributed by atoms with Crippen LogP contribution in [0, 0.1) is 0 Å². The average molecular weight is 309 g/mol. The van der Waals surface area contributed by atoms with Crippen molar-refractivity contribution >= 4 is 17.6 Å². The monoisotopic (exact) mass is 309 g/mol. The molecule has 118 valence electrons. The minimum Gasteiger partial charge on any atom is -0.378 e. The molecule has 21 heavy (non-hydrogen) atoms. The molecule has 1 aliphatic heterocycles. The van der Waals surface area contributed by atoms with Crippen LogP contribution in [0.5, 0.6) is 0 Å². The first-order valence-electron chi connectivity index (χ1n) is 7.63. The average Bonchev–Trinajstić information content (AvgIpc) is 2.62. The molecule has 0 bridgehead atoms. The van der Waals surface area contributed by atoms with E-state index in [1.54, 1.807) is 7.11 Å². The molecule has 0 spiro atoms. The van der Waals surface area contributed by atoms with Gasteiger partial charge in [-0.25, -0.2) is 9.97 Å². The maximum absolute atomic E-state index is 5.28. The second-order valence-electron chi connectivity index (χ2n) is 6.67. The molecule has 1 unspecified atom stereocenters. The highest BCUT2D eigenvalue weighted by Gasteiger charge is 2.23. The van der Waals surface area contributed by atoms with E-state index >= 15 is 0 Å². The summed E-state index contributed by atoms with van der Waals surface area (Å²) in [5.41, 5.74) is 0.916. The molecule has 2 rings (SSSR count). The van der Waals surface area contributed by atoms with E-state index in [4.69, 9.17) is 9.72 Å². The number of aromatic nitrogens is 2. The largest absolute Gasteiger partial charge is 0.378 e. The third-order valence-electron chi connectivity index (χ3n) is 3.71. The number of methoxy groups -OCH3 is 1. The van der Waals surface area contributed by atoms with Crippen molar-refractivity contribution in [2.45, 2.75) is 52.2 Å². The van der Waals surface area contributed by atoms with Gasteiger partial charge < -0.3 is 9.64 Å². The van der Waals surface area contributed by atoms with Gasteiger partial charge in [-0.2, -0.15) is 11.8 Å². The predicted octanol–water partition coefficient (Wildman–Crippen LogP) is 3.25. The van der Waals surface area contributed by atoms with Crippen molar-refractivity contribution in [2.75, 3.05) is 30.1 Å². The zero-order chi connectivity index (χ0) is 15.5. The zero-order valence-electron chi connectivity index (χ0n) is 13.8. The van der Waals surface area contributed by atoms with Crippen LogP contribution in [-0.4, -0.2) is 41.2 Å². The molecule has 0 N–H and O–H groups in total. The SMILES string of the molecule is COCc1cc(N2CCSCCC2C)nc(C(C)(C)C)n1. The van der Waals surface area contributed by atoms with Gasteiger partial charge in [-0.05, 0) is 19.1 Å².